The summed E-state index contributed by atoms with van der Waals surface area (Å²) in [5.41, 5.74) is 1.75. The highest BCUT2D eigenvalue weighted by Crippen LogP contribution is 2.29. The predicted octanol–water partition coefficient (Wildman–Crippen LogP) is 2.79. The molecule has 0 spiro atoms. The number of nitrogens with zero attached hydrogens (tertiary/aromatic N) is 1. The van der Waals surface area contributed by atoms with Crippen LogP contribution in [-0.4, -0.2) is 51.3 Å². The van der Waals surface area contributed by atoms with Gasteiger partial charge in [-0.1, -0.05) is 31.5 Å². The molecule has 0 heterocycles. The first-order valence-corrected chi connectivity index (χ1v) is 11.5. The van der Waals surface area contributed by atoms with Crippen molar-refractivity contribution < 1.29 is 22.7 Å². The van der Waals surface area contributed by atoms with Crippen LogP contribution in [0.5, 0.6) is 5.75 Å². The van der Waals surface area contributed by atoms with E-state index < -0.39 is 10.0 Å². The van der Waals surface area contributed by atoms with E-state index in [4.69, 9.17) is 4.74 Å². The summed E-state index contributed by atoms with van der Waals surface area (Å²) in [6.45, 7) is 6.24. The molecule has 0 fully saturated rings. The van der Waals surface area contributed by atoms with Crippen molar-refractivity contribution in [3.63, 3.8) is 0 Å². The first kappa shape index (κ1) is 24.4. The van der Waals surface area contributed by atoms with Crippen LogP contribution in [0.3, 0.4) is 0 Å². The van der Waals surface area contributed by atoms with Crippen LogP contribution >= 0.6 is 0 Å². The number of anilines is 1. The zero-order valence-electron chi connectivity index (χ0n) is 18.3. The average Bonchev–Trinajstić information content (AvgIpc) is 2.74. The highest BCUT2D eigenvalue weighted by Gasteiger charge is 2.23. The summed E-state index contributed by atoms with van der Waals surface area (Å²) in [6, 6.07) is 11.5. The Balaban J connectivity index is 2.05. The zero-order valence-corrected chi connectivity index (χ0v) is 19.1. The first-order valence-electron chi connectivity index (χ1n) is 10.1. The molecule has 2 rings (SSSR count). The van der Waals surface area contributed by atoms with Gasteiger partial charge in [0, 0.05) is 31.6 Å². The lowest BCUT2D eigenvalue weighted by atomic mass is 10.1. The van der Waals surface area contributed by atoms with Gasteiger partial charge in [-0.25, -0.2) is 8.42 Å². The van der Waals surface area contributed by atoms with Crippen molar-refractivity contribution in [2.75, 3.05) is 32.1 Å². The molecule has 0 bridgehead atoms. The Morgan fingerprint density at radius 3 is 2.39 bits per heavy atom. The molecule has 0 aliphatic rings. The number of carbonyl (C=O) groups excluding carboxylic acids is 2. The van der Waals surface area contributed by atoms with Crippen LogP contribution in [0.4, 0.5) is 5.69 Å². The second-order valence-electron chi connectivity index (χ2n) is 6.87. The smallest absolute Gasteiger partial charge is 0.251 e. The second-order valence-corrected chi connectivity index (χ2v) is 8.81. The molecule has 2 amide bonds. The minimum Gasteiger partial charge on any atom is -0.495 e. The van der Waals surface area contributed by atoms with Crippen molar-refractivity contribution in [3.8, 4) is 5.75 Å². The van der Waals surface area contributed by atoms with Gasteiger partial charge in [0.05, 0.1) is 17.7 Å². The molecule has 0 saturated heterocycles. The summed E-state index contributed by atoms with van der Waals surface area (Å²) < 4.78 is 32.1. The van der Waals surface area contributed by atoms with E-state index in [0.717, 1.165) is 5.56 Å². The van der Waals surface area contributed by atoms with E-state index in [1.807, 2.05) is 13.0 Å². The highest BCUT2D eigenvalue weighted by atomic mass is 32.2. The van der Waals surface area contributed by atoms with Crippen molar-refractivity contribution in [1.29, 1.82) is 0 Å². The Labute approximate surface area is 183 Å². The van der Waals surface area contributed by atoms with E-state index in [0.29, 0.717) is 24.4 Å². The number of sulfonamides is 1. The van der Waals surface area contributed by atoms with E-state index in [2.05, 4.69) is 10.6 Å². The minimum absolute atomic E-state index is 0.0216. The minimum atomic E-state index is -3.68. The SMILES string of the molecule is CCN(CC)S(=O)(=O)c1ccc(OC)c(NC(=O)CCNC(=O)c2cccc(C)c2)c1. The molecule has 0 aliphatic heterocycles. The number of methoxy groups -OCH3 is 1. The number of aryl methyl sites for hydroxylation is 1. The molecular formula is C22H29N3O5S. The Morgan fingerprint density at radius 1 is 1.06 bits per heavy atom. The predicted molar refractivity (Wildman–Crippen MR) is 120 cm³/mol. The van der Waals surface area contributed by atoms with Gasteiger partial charge < -0.3 is 15.4 Å². The molecule has 31 heavy (non-hydrogen) atoms. The molecule has 9 heteroatoms. The van der Waals surface area contributed by atoms with Gasteiger partial charge >= 0.3 is 0 Å². The maximum Gasteiger partial charge on any atom is 0.251 e. The average molecular weight is 448 g/mol. The topological polar surface area (TPSA) is 105 Å². The molecule has 0 saturated carbocycles. The van der Waals surface area contributed by atoms with Gasteiger partial charge in [-0.15, -0.1) is 0 Å². The quantitative estimate of drug-likeness (QED) is 0.583. The van der Waals surface area contributed by atoms with Gasteiger partial charge in [0.25, 0.3) is 5.91 Å². The van der Waals surface area contributed by atoms with Gasteiger partial charge in [0.15, 0.2) is 0 Å². The van der Waals surface area contributed by atoms with Crippen LogP contribution in [-0.2, 0) is 14.8 Å². The maximum atomic E-state index is 12.8. The van der Waals surface area contributed by atoms with Gasteiger partial charge in [0.2, 0.25) is 15.9 Å². The van der Waals surface area contributed by atoms with E-state index in [1.165, 1.54) is 29.6 Å². The molecule has 2 aromatic carbocycles. The molecule has 0 radical (unpaired) electrons. The largest absolute Gasteiger partial charge is 0.495 e. The fourth-order valence-electron chi connectivity index (χ4n) is 3.05. The molecule has 0 unspecified atom stereocenters. The summed E-state index contributed by atoms with van der Waals surface area (Å²) >= 11 is 0. The van der Waals surface area contributed by atoms with Gasteiger partial charge in [-0.05, 0) is 37.3 Å². The number of nitrogens with one attached hydrogen (secondary N) is 2. The summed E-state index contributed by atoms with van der Waals surface area (Å²) in [5.74, 6) is -0.294. The summed E-state index contributed by atoms with van der Waals surface area (Å²) in [7, 11) is -2.24. The molecule has 2 N–H and O–H groups in total. The standard InChI is InChI=1S/C22H29N3O5S/c1-5-25(6-2)31(28,29)18-10-11-20(30-4)19(15-18)24-21(26)12-13-23-22(27)17-9-7-8-16(3)14-17/h7-11,14-15H,5-6,12-13H2,1-4H3,(H,23,27)(H,24,26). The normalized spacial score (nSPS) is 11.3. The third-order valence-electron chi connectivity index (χ3n) is 4.71. The van der Waals surface area contributed by atoms with Crippen LogP contribution in [0.15, 0.2) is 47.4 Å². The number of rotatable bonds is 10. The molecule has 0 atom stereocenters. The number of ether oxygens (including phenoxy) is 1. The molecule has 8 nitrogen and oxygen atoms in total. The third kappa shape index (κ3) is 6.28. The summed E-state index contributed by atoms with van der Waals surface area (Å²) in [4.78, 5) is 24.6. The van der Waals surface area contributed by atoms with Crippen LogP contribution in [0.1, 0.15) is 36.2 Å². The van der Waals surface area contributed by atoms with Crippen LogP contribution in [0.2, 0.25) is 0 Å². The fourth-order valence-corrected chi connectivity index (χ4v) is 4.53. The molecule has 168 valence electrons. The Kier molecular flexibility index (Phi) is 8.58. The number of amides is 2. The zero-order chi connectivity index (χ0) is 23.0. The van der Waals surface area contributed by atoms with Crippen molar-refractivity contribution >= 4 is 27.5 Å². The Morgan fingerprint density at radius 2 is 1.77 bits per heavy atom. The maximum absolute atomic E-state index is 12.8. The van der Waals surface area contributed by atoms with E-state index in [1.54, 1.807) is 32.0 Å². The molecule has 0 aliphatic carbocycles. The van der Waals surface area contributed by atoms with Crippen molar-refractivity contribution in [1.82, 2.24) is 9.62 Å². The van der Waals surface area contributed by atoms with Crippen LogP contribution < -0.4 is 15.4 Å². The Hall–Kier alpha value is -2.91. The van der Waals surface area contributed by atoms with Crippen LogP contribution in [0.25, 0.3) is 0 Å². The third-order valence-corrected chi connectivity index (χ3v) is 6.75. The van der Waals surface area contributed by atoms with E-state index >= 15 is 0 Å². The first-order chi connectivity index (χ1) is 14.7. The number of carbonyl (C=O) groups is 2. The lowest BCUT2D eigenvalue weighted by Gasteiger charge is -2.19. The van der Waals surface area contributed by atoms with Gasteiger partial charge in [0.1, 0.15) is 5.75 Å². The second kappa shape index (κ2) is 10.9. The van der Waals surface area contributed by atoms with Crippen molar-refractivity contribution in [2.24, 2.45) is 0 Å². The molecule has 2 aromatic rings. The van der Waals surface area contributed by atoms with Crippen molar-refractivity contribution in [3.05, 3.63) is 53.6 Å². The van der Waals surface area contributed by atoms with Gasteiger partial charge in [-0.3, -0.25) is 9.59 Å². The molecular weight excluding hydrogens is 418 g/mol. The van der Waals surface area contributed by atoms with E-state index in [9.17, 15) is 18.0 Å². The Bertz CT molecular complexity index is 1030. The molecule has 0 aromatic heterocycles. The van der Waals surface area contributed by atoms with Gasteiger partial charge in [-0.2, -0.15) is 4.31 Å². The van der Waals surface area contributed by atoms with Crippen LogP contribution in [0, 0.1) is 6.92 Å². The lowest BCUT2D eigenvalue weighted by Crippen LogP contribution is -2.30. The summed E-state index contributed by atoms with van der Waals surface area (Å²) in [5, 5.41) is 5.38. The summed E-state index contributed by atoms with van der Waals surface area (Å²) in [6.07, 6.45) is 0.0216. The number of benzene rings is 2. The van der Waals surface area contributed by atoms with Crippen molar-refractivity contribution in [2.45, 2.75) is 32.1 Å². The lowest BCUT2D eigenvalue weighted by molar-refractivity contribution is -0.116. The number of hydrogen-bond acceptors (Lipinski definition) is 5. The van der Waals surface area contributed by atoms with E-state index in [-0.39, 0.29) is 35.4 Å². The highest BCUT2D eigenvalue weighted by molar-refractivity contribution is 7.89. The number of hydrogen-bond donors (Lipinski definition) is 2. The monoisotopic (exact) mass is 447 g/mol. The fraction of sp³-hybridized carbons (Fsp3) is 0.364.